The van der Waals surface area contributed by atoms with Gasteiger partial charge >= 0.3 is 0 Å². The van der Waals surface area contributed by atoms with Gasteiger partial charge in [0.15, 0.2) is 0 Å². The van der Waals surface area contributed by atoms with Gasteiger partial charge in [0.25, 0.3) is 0 Å². The number of piperidine rings is 1. The molecular weight excluding hydrogens is 254 g/mol. The van der Waals surface area contributed by atoms with Crippen LogP contribution in [0.3, 0.4) is 0 Å². The van der Waals surface area contributed by atoms with E-state index >= 15 is 0 Å². The van der Waals surface area contributed by atoms with E-state index in [4.69, 9.17) is 10.5 Å². The number of nitrogens with zero attached hydrogens (tertiary/aromatic N) is 1. The second kappa shape index (κ2) is 5.42. The molecule has 2 atom stereocenters. The summed E-state index contributed by atoms with van der Waals surface area (Å²) in [6.07, 6.45) is 3.73. The average molecular weight is 275 g/mol. The van der Waals surface area contributed by atoms with Crippen LogP contribution in [0.4, 0.5) is 5.69 Å². The average Bonchev–Trinajstić information content (AvgIpc) is 2.73. The highest BCUT2D eigenvalue weighted by molar-refractivity contribution is 6.02. The molecule has 20 heavy (non-hydrogen) atoms. The molecule has 2 heterocycles. The van der Waals surface area contributed by atoms with E-state index in [1.165, 1.54) is 19.3 Å². The van der Waals surface area contributed by atoms with Crippen LogP contribution in [0.25, 0.3) is 0 Å². The SMILES string of the molecule is CN1CCCCC1COc1ccc2c(c1)NC(=O)C2N. The lowest BCUT2D eigenvalue weighted by Gasteiger charge is -2.32. The van der Waals surface area contributed by atoms with Crippen molar-refractivity contribution in [3.05, 3.63) is 23.8 Å². The van der Waals surface area contributed by atoms with Crippen LogP contribution in [0.5, 0.6) is 5.75 Å². The molecule has 0 bridgehead atoms. The molecule has 2 aliphatic heterocycles. The molecule has 2 aliphatic rings. The smallest absolute Gasteiger partial charge is 0.245 e. The fourth-order valence-corrected chi connectivity index (χ4v) is 2.90. The number of nitrogens with two attached hydrogens (primary N) is 1. The third-order valence-corrected chi connectivity index (χ3v) is 4.26. The molecular formula is C15H21N3O2. The lowest BCUT2D eigenvalue weighted by atomic mass is 10.0. The molecule has 108 valence electrons. The van der Waals surface area contributed by atoms with Gasteiger partial charge in [-0.15, -0.1) is 0 Å². The zero-order valence-corrected chi connectivity index (χ0v) is 11.8. The molecule has 1 aromatic carbocycles. The van der Waals surface area contributed by atoms with E-state index in [2.05, 4.69) is 17.3 Å². The van der Waals surface area contributed by atoms with Crippen LogP contribution in [-0.2, 0) is 4.79 Å². The van der Waals surface area contributed by atoms with Crippen LogP contribution in [0, 0.1) is 0 Å². The number of carbonyl (C=O) groups is 1. The van der Waals surface area contributed by atoms with Gasteiger partial charge in [-0.25, -0.2) is 0 Å². The van der Waals surface area contributed by atoms with E-state index in [1.807, 2.05) is 18.2 Å². The number of hydrogen-bond acceptors (Lipinski definition) is 4. The predicted octanol–water partition coefficient (Wildman–Crippen LogP) is 1.50. The van der Waals surface area contributed by atoms with Crippen molar-refractivity contribution in [1.82, 2.24) is 4.90 Å². The van der Waals surface area contributed by atoms with Crippen molar-refractivity contribution < 1.29 is 9.53 Å². The van der Waals surface area contributed by atoms with Crippen molar-refractivity contribution in [3.63, 3.8) is 0 Å². The molecule has 1 amide bonds. The number of anilines is 1. The summed E-state index contributed by atoms with van der Waals surface area (Å²) in [6, 6.07) is 5.56. The number of ether oxygens (including phenoxy) is 1. The first-order valence-electron chi connectivity index (χ1n) is 7.18. The van der Waals surface area contributed by atoms with E-state index in [9.17, 15) is 4.79 Å². The highest BCUT2D eigenvalue weighted by Crippen LogP contribution is 2.32. The van der Waals surface area contributed by atoms with Crippen LogP contribution < -0.4 is 15.8 Å². The number of fused-ring (bicyclic) bond motifs is 1. The van der Waals surface area contributed by atoms with Gasteiger partial charge in [0, 0.05) is 23.4 Å². The number of likely N-dealkylation sites (tertiary alicyclic amines) is 1. The Morgan fingerprint density at radius 1 is 1.45 bits per heavy atom. The second-order valence-electron chi connectivity index (χ2n) is 5.66. The molecule has 0 radical (unpaired) electrons. The minimum atomic E-state index is -0.552. The van der Waals surface area contributed by atoms with E-state index in [0.29, 0.717) is 12.6 Å². The van der Waals surface area contributed by atoms with Crippen LogP contribution in [0.1, 0.15) is 30.9 Å². The molecule has 0 saturated carbocycles. The molecule has 1 saturated heterocycles. The molecule has 5 heteroatoms. The van der Waals surface area contributed by atoms with Gasteiger partial charge in [-0.3, -0.25) is 4.79 Å². The fourth-order valence-electron chi connectivity index (χ4n) is 2.90. The van der Waals surface area contributed by atoms with Gasteiger partial charge in [-0.2, -0.15) is 0 Å². The van der Waals surface area contributed by atoms with Gasteiger partial charge in [0.1, 0.15) is 18.4 Å². The van der Waals surface area contributed by atoms with Gasteiger partial charge in [-0.1, -0.05) is 12.5 Å². The van der Waals surface area contributed by atoms with Crippen molar-refractivity contribution >= 4 is 11.6 Å². The molecule has 1 fully saturated rings. The zero-order valence-electron chi connectivity index (χ0n) is 11.8. The maximum absolute atomic E-state index is 11.5. The molecule has 3 rings (SSSR count). The lowest BCUT2D eigenvalue weighted by molar-refractivity contribution is -0.116. The topological polar surface area (TPSA) is 67.6 Å². The lowest BCUT2D eigenvalue weighted by Crippen LogP contribution is -2.40. The number of benzene rings is 1. The molecule has 2 unspecified atom stereocenters. The fraction of sp³-hybridized carbons (Fsp3) is 0.533. The molecule has 3 N–H and O–H groups in total. The number of nitrogens with one attached hydrogen (secondary N) is 1. The van der Waals surface area contributed by atoms with E-state index < -0.39 is 6.04 Å². The van der Waals surface area contributed by atoms with Gasteiger partial charge < -0.3 is 20.7 Å². The summed E-state index contributed by atoms with van der Waals surface area (Å²) in [5.74, 6) is 0.640. The van der Waals surface area contributed by atoms with Crippen molar-refractivity contribution in [3.8, 4) is 5.75 Å². The number of likely N-dealkylation sites (N-methyl/N-ethyl adjacent to an activating group) is 1. The highest BCUT2D eigenvalue weighted by atomic mass is 16.5. The van der Waals surface area contributed by atoms with E-state index in [0.717, 1.165) is 23.5 Å². The Morgan fingerprint density at radius 3 is 3.10 bits per heavy atom. The van der Waals surface area contributed by atoms with Crippen LogP contribution in [0.2, 0.25) is 0 Å². The number of amides is 1. The molecule has 1 aromatic rings. The maximum Gasteiger partial charge on any atom is 0.245 e. The molecule has 5 nitrogen and oxygen atoms in total. The summed E-state index contributed by atoms with van der Waals surface area (Å²) in [7, 11) is 2.15. The van der Waals surface area contributed by atoms with Crippen molar-refractivity contribution in [1.29, 1.82) is 0 Å². The third kappa shape index (κ3) is 2.51. The number of carbonyl (C=O) groups excluding carboxylic acids is 1. The van der Waals surface area contributed by atoms with Crippen LogP contribution >= 0.6 is 0 Å². The van der Waals surface area contributed by atoms with Crippen LogP contribution in [-0.4, -0.2) is 37.0 Å². The first kappa shape index (κ1) is 13.4. The number of hydrogen-bond donors (Lipinski definition) is 2. The normalized spacial score (nSPS) is 26.2. The monoisotopic (exact) mass is 275 g/mol. The number of rotatable bonds is 3. The summed E-state index contributed by atoms with van der Waals surface area (Å²) in [6.45, 7) is 1.83. The summed E-state index contributed by atoms with van der Waals surface area (Å²) in [4.78, 5) is 13.9. The standard InChI is InChI=1S/C15H21N3O2/c1-18-7-3-2-4-10(18)9-20-11-5-6-12-13(8-11)17-15(19)14(12)16/h5-6,8,10,14H,2-4,7,9,16H2,1H3,(H,17,19). The molecule has 0 aliphatic carbocycles. The Labute approximate surface area is 119 Å². The predicted molar refractivity (Wildman–Crippen MR) is 77.8 cm³/mol. The van der Waals surface area contributed by atoms with Crippen LogP contribution in [0.15, 0.2) is 18.2 Å². The quantitative estimate of drug-likeness (QED) is 0.877. The van der Waals surface area contributed by atoms with Gasteiger partial charge in [0.05, 0.1) is 0 Å². The Kier molecular flexibility index (Phi) is 3.63. The Bertz CT molecular complexity index is 518. The summed E-state index contributed by atoms with van der Waals surface area (Å²) in [5.41, 5.74) is 7.41. The first-order chi connectivity index (χ1) is 9.65. The molecule has 0 spiro atoms. The maximum atomic E-state index is 11.5. The zero-order chi connectivity index (χ0) is 14.1. The summed E-state index contributed by atoms with van der Waals surface area (Å²) >= 11 is 0. The van der Waals surface area contributed by atoms with E-state index in [1.54, 1.807) is 0 Å². The van der Waals surface area contributed by atoms with Crippen molar-refractivity contribution in [2.45, 2.75) is 31.3 Å². The van der Waals surface area contributed by atoms with Crippen molar-refractivity contribution in [2.75, 3.05) is 25.5 Å². The first-order valence-corrected chi connectivity index (χ1v) is 7.18. The van der Waals surface area contributed by atoms with Gasteiger partial charge in [-0.05, 0) is 32.5 Å². The highest BCUT2D eigenvalue weighted by Gasteiger charge is 2.27. The Balaban J connectivity index is 1.64. The van der Waals surface area contributed by atoms with E-state index in [-0.39, 0.29) is 5.91 Å². The third-order valence-electron chi connectivity index (χ3n) is 4.26. The minimum absolute atomic E-state index is 0.149. The summed E-state index contributed by atoms with van der Waals surface area (Å²) in [5, 5.41) is 2.78. The Morgan fingerprint density at radius 2 is 2.30 bits per heavy atom. The minimum Gasteiger partial charge on any atom is -0.492 e. The largest absolute Gasteiger partial charge is 0.492 e. The summed E-state index contributed by atoms with van der Waals surface area (Å²) < 4.78 is 5.88. The molecule has 0 aromatic heterocycles. The Hall–Kier alpha value is -1.59. The van der Waals surface area contributed by atoms with Gasteiger partial charge in [0.2, 0.25) is 5.91 Å². The van der Waals surface area contributed by atoms with Crippen molar-refractivity contribution in [2.24, 2.45) is 5.73 Å². The second-order valence-corrected chi connectivity index (χ2v) is 5.66.